The normalized spacial score (nSPS) is 9.88. The first-order valence-corrected chi connectivity index (χ1v) is 7.51. The van der Waals surface area contributed by atoms with Gasteiger partial charge in [-0.2, -0.15) is 0 Å². The third-order valence-electron chi connectivity index (χ3n) is 3.23. The van der Waals surface area contributed by atoms with Crippen LogP contribution in [0.25, 0.3) is 11.1 Å². The summed E-state index contributed by atoms with van der Waals surface area (Å²) < 4.78 is 0. The maximum Gasteiger partial charge on any atom is 0.243 e. The second-order valence-corrected chi connectivity index (χ2v) is 5.15. The second kappa shape index (κ2) is 8.47. The molecule has 2 aromatic carbocycles. The number of hydrogen-bond acceptors (Lipinski definition) is 3. The summed E-state index contributed by atoms with van der Waals surface area (Å²) in [4.78, 5) is 34.2. The number of hydrogen-bond donors (Lipinski definition) is 3. The molecule has 0 unspecified atom stereocenters. The zero-order chi connectivity index (χ0) is 17.4. The van der Waals surface area contributed by atoms with Gasteiger partial charge >= 0.3 is 0 Å². The first-order valence-electron chi connectivity index (χ1n) is 7.51. The summed E-state index contributed by atoms with van der Waals surface area (Å²) >= 11 is 0. The van der Waals surface area contributed by atoms with Gasteiger partial charge in [0, 0.05) is 18.2 Å². The van der Waals surface area contributed by atoms with Crippen LogP contribution in [-0.2, 0) is 14.4 Å². The Hall–Kier alpha value is -3.15. The quantitative estimate of drug-likeness (QED) is 0.753. The van der Waals surface area contributed by atoms with Gasteiger partial charge in [-0.15, -0.1) is 0 Å². The number of para-hydroxylation sites is 1. The van der Waals surface area contributed by atoms with Crippen LogP contribution in [0.15, 0.2) is 54.6 Å². The Labute approximate surface area is 140 Å². The molecular weight excluding hydrogens is 306 g/mol. The smallest absolute Gasteiger partial charge is 0.243 e. The number of carbonyl (C=O) groups excluding carboxylic acids is 3. The van der Waals surface area contributed by atoms with E-state index in [0.29, 0.717) is 5.69 Å². The topological polar surface area (TPSA) is 87.3 Å². The molecule has 6 nitrogen and oxygen atoms in total. The van der Waals surface area contributed by atoms with Crippen molar-refractivity contribution in [2.75, 3.05) is 18.4 Å². The van der Waals surface area contributed by atoms with Crippen LogP contribution in [0.5, 0.6) is 0 Å². The summed E-state index contributed by atoms with van der Waals surface area (Å²) in [5.74, 6) is -1.06. The molecule has 24 heavy (non-hydrogen) atoms. The van der Waals surface area contributed by atoms with E-state index in [0.717, 1.165) is 11.1 Å². The first kappa shape index (κ1) is 17.2. The fourth-order valence-corrected chi connectivity index (χ4v) is 2.10. The van der Waals surface area contributed by atoms with Crippen molar-refractivity contribution in [2.24, 2.45) is 0 Å². The molecule has 0 heterocycles. The Bertz CT molecular complexity index is 729. The SMILES string of the molecule is CC(=O)NCC(=O)NCC(=O)Nc1ccccc1-c1ccccc1. The summed E-state index contributed by atoms with van der Waals surface area (Å²) in [5, 5.41) is 7.61. The lowest BCUT2D eigenvalue weighted by atomic mass is 10.0. The van der Waals surface area contributed by atoms with Gasteiger partial charge in [-0.1, -0.05) is 48.5 Å². The summed E-state index contributed by atoms with van der Waals surface area (Å²) in [6.45, 7) is 1.01. The molecule has 0 bridgehead atoms. The molecule has 2 aromatic rings. The molecule has 0 aliphatic carbocycles. The lowest BCUT2D eigenvalue weighted by Crippen LogP contribution is -2.39. The number of benzene rings is 2. The molecule has 3 amide bonds. The van der Waals surface area contributed by atoms with Crippen molar-refractivity contribution in [1.29, 1.82) is 0 Å². The predicted octanol–water partition coefficient (Wildman–Crippen LogP) is 1.54. The van der Waals surface area contributed by atoms with E-state index < -0.39 is 5.91 Å². The zero-order valence-electron chi connectivity index (χ0n) is 13.3. The number of anilines is 1. The van der Waals surface area contributed by atoms with Crippen molar-refractivity contribution in [2.45, 2.75) is 6.92 Å². The second-order valence-electron chi connectivity index (χ2n) is 5.15. The van der Waals surface area contributed by atoms with Crippen molar-refractivity contribution in [3.8, 4) is 11.1 Å². The molecule has 0 fully saturated rings. The molecule has 6 heteroatoms. The fraction of sp³-hybridized carbons (Fsp3) is 0.167. The van der Waals surface area contributed by atoms with Gasteiger partial charge in [-0.3, -0.25) is 14.4 Å². The van der Waals surface area contributed by atoms with Crippen LogP contribution < -0.4 is 16.0 Å². The summed E-state index contributed by atoms with van der Waals surface area (Å²) in [7, 11) is 0. The molecule has 0 saturated heterocycles. The molecule has 0 aliphatic rings. The zero-order valence-corrected chi connectivity index (χ0v) is 13.3. The van der Waals surface area contributed by atoms with Crippen molar-refractivity contribution in [3.05, 3.63) is 54.6 Å². The molecule has 124 valence electrons. The van der Waals surface area contributed by atoms with Crippen LogP contribution in [0.3, 0.4) is 0 Å². The van der Waals surface area contributed by atoms with Crippen LogP contribution in [0.1, 0.15) is 6.92 Å². The maximum absolute atomic E-state index is 12.0. The van der Waals surface area contributed by atoms with Crippen molar-refractivity contribution in [1.82, 2.24) is 10.6 Å². The molecule has 0 spiro atoms. The minimum atomic E-state index is -0.420. The van der Waals surface area contributed by atoms with E-state index >= 15 is 0 Å². The molecule has 0 aromatic heterocycles. The van der Waals surface area contributed by atoms with E-state index in [9.17, 15) is 14.4 Å². The van der Waals surface area contributed by atoms with E-state index in [-0.39, 0.29) is 24.9 Å². The molecule has 0 radical (unpaired) electrons. The molecule has 0 atom stereocenters. The predicted molar refractivity (Wildman–Crippen MR) is 92.2 cm³/mol. The van der Waals surface area contributed by atoms with Gasteiger partial charge in [0.25, 0.3) is 0 Å². The minimum Gasteiger partial charge on any atom is -0.347 e. The fourth-order valence-electron chi connectivity index (χ4n) is 2.10. The summed E-state index contributed by atoms with van der Waals surface area (Å²) in [5.41, 5.74) is 2.56. The largest absolute Gasteiger partial charge is 0.347 e. The molecule has 0 aliphatic heterocycles. The molecular formula is C18H19N3O3. The Balaban J connectivity index is 1.95. The average molecular weight is 325 g/mol. The van der Waals surface area contributed by atoms with Gasteiger partial charge in [0.05, 0.1) is 13.1 Å². The van der Waals surface area contributed by atoms with Crippen molar-refractivity contribution in [3.63, 3.8) is 0 Å². The number of rotatable bonds is 6. The Morgan fingerprint density at radius 3 is 2.12 bits per heavy atom. The number of amides is 3. The van der Waals surface area contributed by atoms with Gasteiger partial charge in [-0.25, -0.2) is 0 Å². The lowest BCUT2D eigenvalue weighted by molar-refractivity contribution is -0.126. The molecule has 0 saturated carbocycles. The highest BCUT2D eigenvalue weighted by Gasteiger charge is 2.09. The Morgan fingerprint density at radius 1 is 0.792 bits per heavy atom. The van der Waals surface area contributed by atoms with E-state index in [2.05, 4.69) is 16.0 Å². The number of nitrogens with one attached hydrogen (secondary N) is 3. The van der Waals surface area contributed by atoms with Crippen molar-refractivity contribution < 1.29 is 14.4 Å². The third kappa shape index (κ3) is 5.24. The van der Waals surface area contributed by atoms with E-state index in [1.165, 1.54) is 6.92 Å². The monoisotopic (exact) mass is 325 g/mol. The van der Waals surface area contributed by atoms with Gasteiger partial charge in [0.15, 0.2) is 0 Å². The maximum atomic E-state index is 12.0. The summed E-state index contributed by atoms with van der Waals surface area (Å²) in [6, 6.07) is 17.1. The van der Waals surface area contributed by atoms with Crippen LogP contribution in [-0.4, -0.2) is 30.8 Å². The summed E-state index contributed by atoms with van der Waals surface area (Å²) in [6.07, 6.45) is 0. The van der Waals surface area contributed by atoms with Crippen LogP contribution >= 0.6 is 0 Å². The third-order valence-corrected chi connectivity index (χ3v) is 3.23. The Morgan fingerprint density at radius 2 is 1.42 bits per heavy atom. The average Bonchev–Trinajstić information content (AvgIpc) is 2.59. The van der Waals surface area contributed by atoms with Crippen LogP contribution in [0.4, 0.5) is 5.69 Å². The standard InChI is InChI=1S/C18H19N3O3/c1-13(22)19-11-17(23)20-12-18(24)21-16-10-6-5-9-15(16)14-7-3-2-4-8-14/h2-10H,11-12H2,1H3,(H,19,22)(H,20,23)(H,21,24). The van der Waals surface area contributed by atoms with Crippen LogP contribution in [0, 0.1) is 0 Å². The van der Waals surface area contributed by atoms with Gasteiger partial charge in [-0.05, 0) is 11.6 Å². The van der Waals surface area contributed by atoms with Gasteiger partial charge in [0.2, 0.25) is 17.7 Å². The van der Waals surface area contributed by atoms with Crippen LogP contribution in [0.2, 0.25) is 0 Å². The van der Waals surface area contributed by atoms with Gasteiger partial charge < -0.3 is 16.0 Å². The highest BCUT2D eigenvalue weighted by atomic mass is 16.2. The first-order chi connectivity index (χ1) is 11.6. The highest BCUT2D eigenvalue weighted by molar-refractivity contribution is 5.98. The van der Waals surface area contributed by atoms with E-state index in [4.69, 9.17) is 0 Å². The molecule has 2 rings (SSSR count). The van der Waals surface area contributed by atoms with Crippen molar-refractivity contribution >= 4 is 23.4 Å². The van der Waals surface area contributed by atoms with E-state index in [1.807, 2.05) is 48.5 Å². The van der Waals surface area contributed by atoms with Gasteiger partial charge in [0.1, 0.15) is 0 Å². The Kier molecular flexibility index (Phi) is 6.08. The highest BCUT2D eigenvalue weighted by Crippen LogP contribution is 2.27. The molecule has 3 N–H and O–H groups in total. The minimum absolute atomic E-state index is 0.150. The lowest BCUT2D eigenvalue weighted by Gasteiger charge is -2.12. The number of carbonyl (C=O) groups is 3. The van der Waals surface area contributed by atoms with E-state index in [1.54, 1.807) is 6.07 Å².